The van der Waals surface area contributed by atoms with Crippen LogP contribution in [0.25, 0.3) is 0 Å². The molecule has 0 saturated heterocycles. The molecule has 3 heteroatoms. The lowest BCUT2D eigenvalue weighted by Gasteiger charge is -2.07. The molecule has 0 bridgehead atoms. The molecule has 0 N–H and O–H groups in total. The number of carbonyl (C=O) groups excluding carboxylic acids is 1. The topological polar surface area (TPSA) is 26.3 Å². The zero-order valence-corrected chi connectivity index (χ0v) is 9.64. The van der Waals surface area contributed by atoms with Gasteiger partial charge in [-0.1, -0.05) is 37.9 Å². The van der Waals surface area contributed by atoms with E-state index in [0.717, 1.165) is 0 Å². The van der Waals surface area contributed by atoms with E-state index in [0.29, 0.717) is 10.9 Å². The monoisotopic (exact) mass is 206 g/mol. The summed E-state index contributed by atoms with van der Waals surface area (Å²) in [5, 5.41) is 0.633. The Morgan fingerprint density at radius 2 is 1.86 bits per heavy atom. The maximum absolute atomic E-state index is 11.5. The Morgan fingerprint density at radius 3 is 2.36 bits per heavy atom. The highest BCUT2D eigenvalue weighted by atomic mass is 28.3. The van der Waals surface area contributed by atoms with Crippen molar-refractivity contribution in [3.05, 3.63) is 42.1 Å². The van der Waals surface area contributed by atoms with E-state index in [2.05, 4.69) is 19.7 Å². The minimum atomic E-state index is -1.13. The van der Waals surface area contributed by atoms with Crippen LogP contribution in [0.1, 0.15) is 0 Å². The Morgan fingerprint density at radius 1 is 1.29 bits per heavy atom. The van der Waals surface area contributed by atoms with Crippen LogP contribution < -0.4 is 4.74 Å². The second-order valence-corrected chi connectivity index (χ2v) is 6.39. The zero-order valence-electron chi connectivity index (χ0n) is 8.49. The Bertz CT molecular complexity index is 330. The van der Waals surface area contributed by atoms with Gasteiger partial charge in [-0.25, -0.2) is 4.79 Å². The van der Waals surface area contributed by atoms with E-state index in [1.54, 1.807) is 12.1 Å². The Balaban J connectivity index is 2.63. The van der Waals surface area contributed by atoms with Gasteiger partial charge in [-0.05, 0) is 12.1 Å². The van der Waals surface area contributed by atoms with Crippen molar-refractivity contribution in [1.82, 2.24) is 0 Å². The van der Waals surface area contributed by atoms with Crippen LogP contribution in [0.3, 0.4) is 0 Å². The number of carbonyl (C=O) groups is 1. The van der Waals surface area contributed by atoms with E-state index in [4.69, 9.17) is 4.74 Å². The largest absolute Gasteiger partial charge is 0.423 e. The molecule has 1 aromatic rings. The maximum atomic E-state index is 11.5. The van der Waals surface area contributed by atoms with Gasteiger partial charge >= 0.3 is 5.97 Å². The fourth-order valence-corrected chi connectivity index (χ4v) is 1.43. The first-order valence-corrected chi connectivity index (χ1v) is 7.46. The molecular formula is C11H14O2Si. The Labute approximate surface area is 85.8 Å². The summed E-state index contributed by atoms with van der Waals surface area (Å²) in [5.74, 6) is 0.283. The van der Waals surface area contributed by atoms with Crippen molar-refractivity contribution in [2.24, 2.45) is 0 Å². The van der Waals surface area contributed by atoms with E-state index in [1.165, 1.54) is 0 Å². The average Bonchev–Trinajstić information content (AvgIpc) is 2.18. The van der Waals surface area contributed by atoms with Crippen LogP contribution in [0, 0.1) is 0 Å². The van der Waals surface area contributed by atoms with E-state index in [9.17, 15) is 4.79 Å². The summed E-state index contributed by atoms with van der Waals surface area (Å²) in [5.41, 5.74) is 0. The normalized spacial score (nSPS) is 9.93. The molecule has 0 aromatic heterocycles. The van der Waals surface area contributed by atoms with Gasteiger partial charge in [-0.2, -0.15) is 0 Å². The SMILES string of the molecule is C=C(C(=O)Oc1ccccc1)[SiH](C)C. The van der Waals surface area contributed by atoms with Crippen LogP contribution in [-0.4, -0.2) is 14.8 Å². The molecule has 1 rings (SSSR count). The highest BCUT2D eigenvalue weighted by Gasteiger charge is 2.13. The van der Waals surface area contributed by atoms with E-state index >= 15 is 0 Å². The van der Waals surface area contributed by atoms with Crippen LogP contribution in [0.5, 0.6) is 5.75 Å². The van der Waals surface area contributed by atoms with E-state index < -0.39 is 8.80 Å². The number of para-hydroxylation sites is 1. The van der Waals surface area contributed by atoms with Gasteiger partial charge in [0.25, 0.3) is 0 Å². The fraction of sp³-hybridized carbons (Fsp3) is 0.182. The highest BCUT2D eigenvalue weighted by Crippen LogP contribution is 2.11. The predicted molar refractivity (Wildman–Crippen MR) is 60.1 cm³/mol. The molecule has 0 amide bonds. The third-order valence-electron chi connectivity index (χ3n) is 1.91. The summed E-state index contributed by atoms with van der Waals surface area (Å²) < 4.78 is 5.13. The lowest BCUT2D eigenvalue weighted by Crippen LogP contribution is -2.19. The summed E-state index contributed by atoms with van der Waals surface area (Å²) in [7, 11) is -1.13. The maximum Gasteiger partial charge on any atom is 0.334 e. The summed E-state index contributed by atoms with van der Waals surface area (Å²) in [4.78, 5) is 11.5. The lowest BCUT2D eigenvalue weighted by molar-refractivity contribution is -0.129. The molecule has 14 heavy (non-hydrogen) atoms. The number of esters is 1. The molecule has 0 fully saturated rings. The summed E-state index contributed by atoms with van der Waals surface area (Å²) in [6.45, 7) is 7.84. The molecule has 0 heterocycles. The number of benzene rings is 1. The standard InChI is InChI=1S/C11H14O2Si/c1-9(14(2)3)11(12)13-10-7-5-4-6-8-10/h4-8,14H,1H2,2-3H3. The lowest BCUT2D eigenvalue weighted by atomic mass is 10.3. The minimum Gasteiger partial charge on any atom is -0.423 e. The first-order chi connectivity index (χ1) is 6.61. The van der Waals surface area contributed by atoms with Crippen molar-refractivity contribution in [2.45, 2.75) is 13.1 Å². The van der Waals surface area contributed by atoms with Gasteiger partial charge in [0.1, 0.15) is 5.75 Å². The van der Waals surface area contributed by atoms with Crippen molar-refractivity contribution in [3.8, 4) is 5.75 Å². The molecule has 0 aliphatic heterocycles. The van der Waals surface area contributed by atoms with Crippen LogP contribution in [0.2, 0.25) is 13.1 Å². The molecule has 0 aliphatic carbocycles. The van der Waals surface area contributed by atoms with Crippen LogP contribution in [-0.2, 0) is 4.79 Å². The predicted octanol–water partition coefficient (Wildman–Crippen LogP) is 2.17. The molecule has 0 unspecified atom stereocenters. The van der Waals surface area contributed by atoms with Crippen LogP contribution in [0.4, 0.5) is 0 Å². The second kappa shape index (κ2) is 4.76. The molecule has 74 valence electrons. The van der Waals surface area contributed by atoms with Gasteiger partial charge in [0.15, 0.2) is 0 Å². The van der Waals surface area contributed by atoms with Crippen LogP contribution in [0.15, 0.2) is 42.1 Å². The van der Waals surface area contributed by atoms with E-state index in [1.807, 2.05) is 18.2 Å². The smallest absolute Gasteiger partial charge is 0.334 e. The fourth-order valence-electron chi connectivity index (χ4n) is 0.897. The van der Waals surface area contributed by atoms with Crippen molar-refractivity contribution in [3.63, 3.8) is 0 Å². The van der Waals surface area contributed by atoms with Gasteiger partial charge in [-0.3, -0.25) is 0 Å². The Kier molecular flexibility index (Phi) is 3.65. The molecule has 0 saturated carbocycles. The first kappa shape index (κ1) is 10.7. The van der Waals surface area contributed by atoms with Crippen molar-refractivity contribution in [1.29, 1.82) is 0 Å². The number of hydrogen-bond donors (Lipinski definition) is 0. The highest BCUT2D eigenvalue weighted by molar-refractivity contribution is 6.69. The van der Waals surface area contributed by atoms with Crippen LogP contribution >= 0.6 is 0 Å². The van der Waals surface area contributed by atoms with Crippen molar-refractivity contribution in [2.75, 3.05) is 0 Å². The van der Waals surface area contributed by atoms with Gasteiger partial charge in [0.05, 0.1) is 8.80 Å². The van der Waals surface area contributed by atoms with Crippen molar-refractivity contribution < 1.29 is 9.53 Å². The number of hydrogen-bond acceptors (Lipinski definition) is 2. The molecule has 0 atom stereocenters. The molecule has 2 nitrogen and oxygen atoms in total. The average molecular weight is 206 g/mol. The quantitative estimate of drug-likeness (QED) is 0.328. The molecule has 0 radical (unpaired) electrons. The third kappa shape index (κ3) is 2.85. The third-order valence-corrected chi connectivity index (χ3v) is 3.54. The van der Waals surface area contributed by atoms with Gasteiger partial charge in [0.2, 0.25) is 0 Å². The molecular weight excluding hydrogens is 192 g/mol. The molecule has 0 spiro atoms. The van der Waals surface area contributed by atoms with E-state index in [-0.39, 0.29) is 5.97 Å². The molecule has 0 aliphatic rings. The summed E-state index contributed by atoms with van der Waals surface area (Å²) in [6, 6.07) is 9.06. The van der Waals surface area contributed by atoms with Gasteiger partial charge in [-0.15, -0.1) is 0 Å². The Hall–Kier alpha value is -1.35. The summed E-state index contributed by atoms with van der Waals surface area (Å²) >= 11 is 0. The first-order valence-electron chi connectivity index (χ1n) is 4.57. The van der Waals surface area contributed by atoms with Crippen molar-refractivity contribution >= 4 is 14.8 Å². The van der Waals surface area contributed by atoms with Gasteiger partial charge in [0, 0.05) is 5.20 Å². The minimum absolute atomic E-state index is 0.294. The number of rotatable bonds is 3. The summed E-state index contributed by atoms with van der Waals surface area (Å²) in [6.07, 6.45) is 0. The van der Waals surface area contributed by atoms with Gasteiger partial charge < -0.3 is 4.74 Å². The molecule has 1 aromatic carbocycles. The zero-order chi connectivity index (χ0) is 10.6. The number of ether oxygens (including phenoxy) is 1. The second-order valence-electron chi connectivity index (χ2n) is 3.38.